The molecule has 0 aliphatic carbocycles. The van der Waals surface area contributed by atoms with Crippen LogP contribution in [0.3, 0.4) is 0 Å². The first-order chi connectivity index (χ1) is 25.6. The Kier molecular flexibility index (Phi) is 10.9. The molecular weight excluding hydrogens is 663 g/mol. The molecule has 2 atom stereocenters. The summed E-state index contributed by atoms with van der Waals surface area (Å²) >= 11 is 0. The summed E-state index contributed by atoms with van der Waals surface area (Å²) in [5.74, 6) is 2.37. The molecule has 2 aliphatic heterocycles. The van der Waals surface area contributed by atoms with Gasteiger partial charge in [0.1, 0.15) is 24.5 Å². The van der Waals surface area contributed by atoms with Crippen molar-refractivity contribution in [2.45, 2.75) is 84.7 Å². The predicted molar refractivity (Wildman–Crippen MR) is 210 cm³/mol. The summed E-state index contributed by atoms with van der Waals surface area (Å²) in [6.45, 7) is 11.6. The normalized spacial score (nSPS) is 18.3. The van der Waals surface area contributed by atoms with E-state index in [0.29, 0.717) is 36.8 Å². The van der Waals surface area contributed by atoms with E-state index in [1.54, 1.807) is 0 Å². The third-order valence-corrected chi connectivity index (χ3v) is 10.6. The molecule has 2 saturated heterocycles. The smallest absolute Gasteiger partial charge is 0.410 e. The fourth-order valence-corrected chi connectivity index (χ4v) is 7.87. The second-order valence-electron chi connectivity index (χ2n) is 15.8. The Labute approximate surface area is 313 Å². The molecule has 0 bridgehead atoms. The van der Waals surface area contributed by atoms with E-state index >= 15 is 0 Å². The zero-order chi connectivity index (χ0) is 37.0. The van der Waals surface area contributed by atoms with Crippen LogP contribution in [-0.4, -0.2) is 57.0 Å². The second kappa shape index (κ2) is 15.9. The molecule has 0 spiro atoms. The number of ether oxygens (including phenoxy) is 3. The van der Waals surface area contributed by atoms with Crippen molar-refractivity contribution >= 4 is 22.7 Å². The van der Waals surface area contributed by atoms with E-state index < -0.39 is 5.60 Å². The van der Waals surface area contributed by atoms with Gasteiger partial charge < -0.3 is 24.0 Å². The van der Waals surface area contributed by atoms with E-state index in [1.165, 1.54) is 24.9 Å². The number of piperidine rings is 2. The minimum Gasteiger partial charge on any atom is -0.473 e. The molecule has 9 heteroatoms. The van der Waals surface area contributed by atoms with Gasteiger partial charge in [-0.25, -0.2) is 4.79 Å². The number of rotatable bonds is 10. The largest absolute Gasteiger partial charge is 0.473 e. The number of hydrogen-bond acceptors (Lipinski definition) is 7. The van der Waals surface area contributed by atoms with Gasteiger partial charge in [-0.3, -0.25) is 4.68 Å². The van der Waals surface area contributed by atoms with Crippen LogP contribution in [0, 0.1) is 11.8 Å². The number of benzene rings is 3. The number of pyridine rings is 1. The molecule has 1 unspecified atom stereocenters. The summed E-state index contributed by atoms with van der Waals surface area (Å²) < 4.78 is 20.1. The predicted octanol–water partition coefficient (Wildman–Crippen LogP) is 9.44. The van der Waals surface area contributed by atoms with Gasteiger partial charge in [-0.15, -0.1) is 0 Å². The molecule has 7 rings (SSSR count). The number of hydrogen-bond donors (Lipinski definition) is 0. The van der Waals surface area contributed by atoms with E-state index in [2.05, 4.69) is 30.0 Å². The summed E-state index contributed by atoms with van der Waals surface area (Å²) in [5, 5.41) is 6.06. The lowest BCUT2D eigenvalue weighted by Crippen LogP contribution is -2.47. The SMILES string of the molecule is C[C@H]1CC(CC2CCN(c3ccc4c(-c5ccc(OCc6ccccc6)nc5OCc5ccccc5)nn(C)c4c3)CC2)CCN1C(=O)OC(C)(C)C. The lowest BCUT2D eigenvalue weighted by Gasteiger charge is -2.40. The molecule has 3 aromatic carbocycles. The first-order valence-corrected chi connectivity index (χ1v) is 19.2. The van der Waals surface area contributed by atoms with Crippen LogP contribution in [0.2, 0.25) is 0 Å². The number of fused-ring (bicyclic) bond motifs is 1. The van der Waals surface area contributed by atoms with Gasteiger partial charge in [0.15, 0.2) is 0 Å². The Hall–Kier alpha value is -5.05. The molecular formula is C44H53N5O4. The molecule has 1 amide bonds. The van der Waals surface area contributed by atoms with Crippen LogP contribution in [0.25, 0.3) is 22.2 Å². The topological polar surface area (TPSA) is 82.0 Å². The summed E-state index contributed by atoms with van der Waals surface area (Å²) in [4.78, 5) is 22.0. The monoisotopic (exact) mass is 715 g/mol. The fourth-order valence-electron chi connectivity index (χ4n) is 7.87. The number of carbonyl (C=O) groups excluding carboxylic acids is 1. The van der Waals surface area contributed by atoms with Gasteiger partial charge in [0.2, 0.25) is 11.8 Å². The minimum atomic E-state index is -0.463. The molecule has 2 aromatic heterocycles. The van der Waals surface area contributed by atoms with Crippen LogP contribution in [0.4, 0.5) is 10.5 Å². The molecule has 2 fully saturated rings. The zero-order valence-electron chi connectivity index (χ0n) is 31.8. The van der Waals surface area contributed by atoms with Crippen LogP contribution in [0.15, 0.2) is 91.0 Å². The maximum Gasteiger partial charge on any atom is 0.410 e. The van der Waals surface area contributed by atoms with Gasteiger partial charge in [-0.2, -0.15) is 10.1 Å². The molecule has 0 radical (unpaired) electrons. The highest BCUT2D eigenvalue weighted by molar-refractivity contribution is 5.96. The molecule has 53 heavy (non-hydrogen) atoms. The standard InChI is InChI=1S/C44H53N5O4/c1-31-26-35(22-25-49(31)43(50)53-44(2,3)4)27-32-20-23-48(24-21-32)36-16-17-37-39(28-36)47(5)46-41(37)38-18-19-40(51-29-33-12-8-6-9-13-33)45-42(38)52-30-34-14-10-7-11-15-34/h6-19,28,31-32,35H,20-27,29-30H2,1-5H3/t31-,35?/m0/s1. The first kappa shape index (κ1) is 36.3. The lowest BCUT2D eigenvalue weighted by atomic mass is 9.81. The molecule has 5 aromatic rings. The number of aromatic nitrogens is 3. The zero-order valence-corrected chi connectivity index (χ0v) is 31.8. The fraction of sp³-hybridized carbons (Fsp3) is 0.432. The molecule has 278 valence electrons. The van der Waals surface area contributed by atoms with Crippen molar-refractivity contribution in [3.8, 4) is 23.0 Å². The summed E-state index contributed by atoms with van der Waals surface area (Å²) in [6.07, 6.45) is 5.54. The average molecular weight is 716 g/mol. The van der Waals surface area contributed by atoms with E-state index in [1.807, 2.05) is 110 Å². The number of carbonyl (C=O) groups is 1. The maximum absolute atomic E-state index is 12.7. The van der Waals surface area contributed by atoms with Crippen molar-refractivity contribution in [3.63, 3.8) is 0 Å². The minimum absolute atomic E-state index is 0.176. The summed E-state index contributed by atoms with van der Waals surface area (Å²) in [6, 6.07) is 31.0. The van der Waals surface area contributed by atoms with Crippen LogP contribution >= 0.6 is 0 Å². The van der Waals surface area contributed by atoms with Crippen molar-refractivity contribution < 1.29 is 19.0 Å². The number of anilines is 1. The molecule has 0 saturated carbocycles. The van der Waals surface area contributed by atoms with Crippen LogP contribution in [-0.2, 0) is 25.0 Å². The van der Waals surface area contributed by atoms with Gasteiger partial charge in [0.05, 0.1) is 11.1 Å². The molecule has 2 aliphatic rings. The highest BCUT2D eigenvalue weighted by atomic mass is 16.6. The Balaban J connectivity index is 1.02. The van der Waals surface area contributed by atoms with Crippen LogP contribution in [0.1, 0.15) is 70.9 Å². The van der Waals surface area contributed by atoms with Gasteiger partial charge in [-0.1, -0.05) is 60.7 Å². The number of aryl methyl sites for hydroxylation is 1. The van der Waals surface area contributed by atoms with Gasteiger partial charge >= 0.3 is 6.09 Å². The summed E-state index contributed by atoms with van der Waals surface area (Å²) in [5.41, 5.74) is 5.65. The van der Waals surface area contributed by atoms with Crippen LogP contribution in [0.5, 0.6) is 11.8 Å². The first-order valence-electron chi connectivity index (χ1n) is 19.2. The Bertz CT molecular complexity index is 1980. The van der Waals surface area contributed by atoms with Gasteiger partial charge in [-0.05, 0) is 107 Å². The number of nitrogens with zero attached hydrogens (tertiary/aromatic N) is 5. The van der Waals surface area contributed by atoms with E-state index in [0.717, 1.165) is 65.8 Å². The Morgan fingerprint density at radius 2 is 1.47 bits per heavy atom. The second-order valence-corrected chi connectivity index (χ2v) is 15.8. The van der Waals surface area contributed by atoms with Crippen molar-refractivity contribution in [1.29, 1.82) is 0 Å². The van der Waals surface area contributed by atoms with Crippen molar-refractivity contribution in [1.82, 2.24) is 19.7 Å². The van der Waals surface area contributed by atoms with Crippen LogP contribution < -0.4 is 14.4 Å². The average Bonchev–Trinajstić information content (AvgIpc) is 3.48. The number of amides is 1. The lowest BCUT2D eigenvalue weighted by molar-refractivity contribution is 0.00569. The number of likely N-dealkylation sites (tertiary alicyclic amines) is 1. The molecule has 4 heterocycles. The van der Waals surface area contributed by atoms with Gasteiger partial charge in [0.25, 0.3) is 0 Å². The highest BCUT2D eigenvalue weighted by Crippen LogP contribution is 2.38. The quantitative estimate of drug-likeness (QED) is 0.143. The van der Waals surface area contributed by atoms with E-state index in [9.17, 15) is 4.79 Å². The van der Waals surface area contributed by atoms with E-state index in [4.69, 9.17) is 24.3 Å². The van der Waals surface area contributed by atoms with Crippen molar-refractivity contribution in [2.24, 2.45) is 18.9 Å². The van der Waals surface area contributed by atoms with E-state index in [-0.39, 0.29) is 12.1 Å². The third kappa shape index (κ3) is 8.95. The molecule has 0 N–H and O–H groups in total. The summed E-state index contributed by atoms with van der Waals surface area (Å²) in [7, 11) is 2.01. The highest BCUT2D eigenvalue weighted by Gasteiger charge is 2.33. The van der Waals surface area contributed by atoms with Crippen molar-refractivity contribution in [2.75, 3.05) is 24.5 Å². The van der Waals surface area contributed by atoms with Gasteiger partial charge in [0, 0.05) is 49.9 Å². The molecule has 9 nitrogen and oxygen atoms in total. The Morgan fingerprint density at radius 3 is 2.13 bits per heavy atom. The maximum atomic E-state index is 12.7. The van der Waals surface area contributed by atoms with Crippen molar-refractivity contribution in [3.05, 3.63) is 102 Å². The third-order valence-electron chi connectivity index (χ3n) is 10.6. The Morgan fingerprint density at radius 1 is 0.811 bits per heavy atom.